The van der Waals surface area contributed by atoms with Crippen molar-refractivity contribution in [3.05, 3.63) is 59.4 Å². The van der Waals surface area contributed by atoms with Crippen LogP contribution in [0.25, 0.3) is 0 Å². The summed E-state index contributed by atoms with van der Waals surface area (Å²) in [4.78, 5) is 4.57. The molecule has 0 amide bonds. The van der Waals surface area contributed by atoms with Gasteiger partial charge in [0.15, 0.2) is 17.5 Å². The number of guanidine groups is 1. The Hall–Kier alpha value is -2.80. The number of methoxy groups -OCH3 is 1. The quantitative estimate of drug-likeness (QED) is 0.464. The number of hydrogen-bond donors (Lipinski definition) is 3. The number of benzene rings is 2. The summed E-state index contributed by atoms with van der Waals surface area (Å²) in [6.07, 6.45) is 0. The lowest BCUT2D eigenvalue weighted by Crippen LogP contribution is -2.36. The number of nitrogens with one attached hydrogen (secondary N) is 2. The minimum atomic E-state index is -0.250. The molecule has 0 radical (unpaired) electrons. The molecule has 27 heavy (non-hydrogen) atoms. The van der Waals surface area contributed by atoms with Crippen LogP contribution in [0.1, 0.15) is 18.1 Å². The number of hydrogen-bond acceptors (Lipinski definition) is 4. The topological polar surface area (TPSA) is 75.1 Å². The number of halogens is 1. The first-order valence-electron chi connectivity index (χ1n) is 8.83. The third-order valence-corrected chi connectivity index (χ3v) is 3.71. The molecule has 0 saturated carbocycles. The fraction of sp³-hybridized carbons (Fsp3) is 0.350. The van der Waals surface area contributed by atoms with Crippen molar-refractivity contribution in [1.29, 1.82) is 0 Å². The maximum atomic E-state index is 13.0. The SMILES string of the molecule is CCNC(=NCc1ccc(OCCO)c(OC)c1)NCc1ccc(F)cc1. The molecule has 3 N–H and O–H groups in total. The molecule has 0 spiro atoms. The van der Waals surface area contributed by atoms with Gasteiger partial charge in [-0.2, -0.15) is 0 Å². The van der Waals surface area contributed by atoms with Crippen LogP contribution >= 0.6 is 0 Å². The lowest BCUT2D eigenvalue weighted by molar-refractivity contribution is 0.196. The van der Waals surface area contributed by atoms with Gasteiger partial charge in [-0.1, -0.05) is 18.2 Å². The average Bonchev–Trinajstić information content (AvgIpc) is 2.70. The Bertz CT molecular complexity index is 736. The Kier molecular flexibility index (Phi) is 8.38. The molecular weight excluding hydrogens is 349 g/mol. The number of aliphatic hydroxyl groups excluding tert-OH is 1. The van der Waals surface area contributed by atoms with E-state index < -0.39 is 0 Å². The second-order valence-electron chi connectivity index (χ2n) is 5.73. The molecule has 2 aromatic carbocycles. The van der Waals surface area contributed by atoms with Gasteiger partial charge >= 0.3 is 0 Å². The number of aliphatic hydroxyl groups is 1. The van der Waals surface area contributed by atoms with E-state index in [0.29, 0.717) is 30.5 Å². The van der Waals surface area contributed by atoms with Crippen LogP contribution in [0.5, 0.6) is 11.5 Å². The molecule has 0 fully saturated rings. The Labute approximate surface area is 159 Å². The maximum Gasteiger partial charge on any atom is 0.191 e. The molecule has 146 valence electrons. The first kappa shape index (κ1) is 20.5. The van der Waals surface area contributed by atoms with Crippen LogP contribution in [0.15, 0.2) is 47.5 Å². The lowest BCUT2D eigenvalue weighted by Gasteiger charge is -2.13. The van der Waals surface area contributed by atoms with E-state index >= 15 is 0 Å². The van der Waals surface area contributed by atoms with E-state index in [-0.39, 0.29) is 19.0 Å². The normalized spacial score (nSPS) is 11.2. The van der Waals surface area contributed by atoms with E-state index in [1.165, 1.54) is 12.1 Å². The van der Waals surface area contributed by atoms with Crippen molar-refractivity contribution in [2.45, 2.75) is 20.0 Å². The van der Waals surface area contributed by atoms with Crippen LogP contribution < -0.4 is 20.1 Å². The van der Waals surface area contributed by atoms with Crippen LogP contribution in [0.4, 0.5) is 4.39 Å². The summed E-state index contributed by atoms with van der Waals surface area (Å²) in [6, 6.07) is 11.9. The predicted molar refractivity (Wildman–Crippen MR) is 104 cm³/mol. The predicted octanol–water partition coefficient (Wildman–Crippen LogP) is 2.46. The zero-order chi connectivity index (χ0) is 19.5. The highest BCUT2D eigenvalue weighted by Crippen LogP contribution is 2.28. The molecule has 0 atom stereocenters. The van der Waals surface area contributed by atoms with Gasteiger partial charge in [-0.15, -0.1) is 0 Å². The standard InChI is InChI=1S/C20H26FN3O3/c1-3-22-20(23-13-15-4-7-17(21)8-5-15)24-14-16-6-9-18(27-11-10-25)19(12-16)26-2/h4-9,12,25H,3,10-11,13-14H2,1-2H3,(H2,22,23,24). The summed E-state index contributed by atoms with van der Waals surface area (Å²) >= 11 is 0. The van der Waals surface area contributed by atoms with Crippen LogP contribution in [-0.4, -0.2) is 37.9 Å². The van der Waals surface area contributed by atoms with E-state index in [4.69, 9.17) is 14.6 Å². The smallest absolute Gasteiger partial charge is 0.191 e. The Morgan fingerprint density at radius 1 is 1.07 bits per heavy atom. The van der Waals surface area contributed by atoms with Crippen molar-refractivity contribution in [3.63, 3.8) is 0 Å². The third kappa shape index (κ3) is 6.79. The molecule has 0 saturated heterocycles. The Morgan fingerprint density at radius 2 is 1.81 bits per heavy atom. The van der Waals surface area contributed by atoms with Gasteiger partial charge in [-0.3, -0.25) is 0 Å². The second kappa shape index (κ2) is 11.0. The average molecular weight is 375 g/mol. The largest absolute Gasteiger partial charge is 0.493 e. The number of nitrogens with zero attached hydrogens (tertiary/aromatic N) is 1. The summed E-state index contributed by atoms with van der Waals surface area (Å²) in [6.45, 7) is 3.88. The molecule has 7 heteroatoms. The molecule has 0 aliphatic heterocycles. The van der Waals surface area contributed by atoms with E-state index in [2.05, 4.69) is 15.6 Å². The van der Waals surface area contributed by atoms with E-state index in [9.17, 15) is 4.39 Å². The van der Waals surface area contributed by atoms with E-state index in [0.717, 1.165) is 17.7 Å². The molecule has 0 bridgehead atoms. The van der Waals surface area contributed by atoms with Crippen LogP contribution in [0.2, 0.25) is 0 Å². The van der Waals surface area contributed by atoms with Crippen LogP contribution in [-0.2, 0) is 13.1 Å². The summed E-state index contributed by atoms with van der Waals surface area (Å²) in [7, 11) is 1.57. The Balaban J connectivity index is 2.01. The van der Waals surface area contributed by atoms with Crippen molar-refractivity contribution in [1.82, 2.24) is 10.6 Å². The fourth-order valence-corrected chi connectivity index (χ4v) is 2.39. The summed E-state index contributed by atoms with van der Waals surface area (Å²) in [5.41, 5.74) is 1.93. The fourth-order valence-electron chi connectivity index (χ4n) is 2.39. The van der Waals surface area contributed by atoms with Gasteiger partial charge in [-0.05, 0) is 42.3 Å². The first-order chi connectivity index (χ1) is 13.2. The highest BCUT2D eigenvalue weighted by atomic mass is 19.1. The summed E-state index contributed by atoms with van der Waals surface area (Å²) in [5.74, 6) is 1.60. The van der Waals surface area contributed by atoms with Crippen molar-refractivity contribution < 1.29 is 19.0 Å². The minimum absolute atomic E-state index is 0.0546. The molecule has 2 rings (SSSR count). The molecule has 0 heterocycles. The Morgan fingerprint density at radius 3 is 2.48 bits per heavy atom. The van der Waals surface area contributed by atoms with Gasteiger partial charge in [0.1, 0.15) is 12.4 Å². The van der Waals surface area contributed by atoms with Crippen molar-refractivity contribution in [2.24, 2.45) is 4.99 Å². The molecule has 0 aromatic heterocycles. The number of aliphatic imine (C=N–C) groups is 1. The molecular formula is C20H26FN3O3. The number of rotatable bonds is 9. The zero-order valence-electron chi connectivity index (χ0n) is 15.7. The monoisotopic (exact) mass is 375 g/mol. The molecule has 0 aliphatic rings. The molecule has 2 aromatic rings. The van der Waals surface area contributed by atoms with E-state index in [1.54, 1.807) is 25.3 Å². The highest BCUT2D eigenvalue weighted by Gasteiger charge is 2.06. The summed E-state index contributed by atoms with van der Waals surface area (Å²) in [5, 5.41) is 15.3. The van der Waals surface area contributed by atoms with Crippen LogP contribution in [0, 0.1) is 5.82 Å². The summed E-state index contributed by atoms with van der Waals surface area (Å²) < 4.78 is 23.8. The van der Waals surface area contributed by atoms with Gasteiger partial charge in [0.25, 0.3) is 0 Å². The molecule has 6 nitrogen and oxygen atoms in total. The third-order valence-electron chi connectivity index (χ3n) is 3.71. The number of ether oxygens (including phenoxy) is 2. The van der Waals surface area contributed by atoms with Crippen molar-refractivity contribution >= 4 is 5.96 Å². The van der Waals surface area contributed by atoms with Crippen molar-refractivity contribution in [2.75, 3.05) is 26.9 Å². The second-order valence-corrected chi connectivity index (χ2v) is 5.73. The van der Waals surface area contributed by atoms with E-state index in [1.807, 2.05) is 19.1 Å². The van der Waals surface area contributed by atoms with Gasteiger partial charge in [0.2, 0.25) is 0 Å². The van der Waals surface area contributed by atoms with Gasteiger partial charge in [0, 0.05) is 13.1 Å². The van der Waals surface area contributed by atoms with Crippen LogP contribution in [0.3, 0.4) is 0 Å². The minimum Gasteiger partial charge on any atom is -0.493 e. The maximum absolute atomic E-state index is 13.0. The first-order valence-corrected chi connectivity index (χ1v) is 8.83. The van der Waals surface area contributed by atoms with Gasteiger partial charge < -0.3 is 25.2 Å². The van der Waals surface area contributed by atoms with Gasteiger partial charge in [0.05, 0.1) is 20.3 Å². The van der Waals surface area contributed by atoms with Crippen molar-refractivity contribution in [3.8, 4) is 11.5 Å². The highest BCUT2D eigenvalue weighted by molar-refractivity contribution is 5.79. The zero-order valence-corrected chi connectivity index (χ0v) is 15.7. The lowest BCUT2D eigenvalue weighted by atomic mass is 10.2. The molecule has 0 unspecified atom stereocenters. The van der Waals surface area contributed by atoms with Gasteiger partial charge in [-0.25, -0.2) is 9.38 Å². The molecule has 0 aliphatic carbocycles.